The fraction of sp³-hybridized carbons (Fsp3) is 0.280. The number of amides is 1. The van der Waals surface area contributed by atoms with Gasteiger partial charge in [-0.25, -0.2) is 4.79 Å². The van der Waals surface area contributed by atoms with Crippen molar-refractivity contribution in [1.82, 2.24) is 29.4 Å². The zero-order valence-corrected chi connectivity index (χ0v) is 19.4. The van der Waals surface area contributed by atoms with E-state index in [1.165, 1.54) is 5.56 Å². The molecule has 1 aliphatic rings. The second-order valence-corrected chi connectivity index (χ2v) is 8.50. The van der Waals surface area contributed by atoms with E-state index in [0.29, 0.717) is 18.8 Å². The van der Waals surface area contributed by atoms with Crippen LogP contribution in [0.5, 0.6) is 0 Å². The number of hydrogen-bond donors (Lipinski definition) is 0. The molecule has 2 aromatic carbocycles. The van der Waals surface area contributed by atoms with Crippen molar-refractivity contribution in [3.05, 3.63) is 92.5 Å². The molecule has 1 saturated heterocycles. The molecule has 2 aromatic heterocycles. The smallest absolute Gasteiger partial charge is 0.334 e. The van der Waals surface area contributed by atoms with Crippen molar-refractivity contribution >= 4 is 5.91 Å². The number of aryl methyl sites for hydroxylation is 1. The summed E-state index contributed by atoms with van der Waals surface area (Å²) >= 11 is 0. The molecule has 0 aliphatic carbocycles. The van der Waals surface area contributed by atoms with Crippen molar-refractivity contribution in [2.45, 2.75) is 32.7 Å². The highest BCUT2D eigenvalue weighted by atomic mass is 16.5. The number of aromatic nitrogens is 5. The van der Waals surface area contributed by atoms with Gasteiger partial charge in [-0.3, -0.25) is 14.2 Å². The monoisotopic (exact) mass is 472 g/mol. The first-order chi connectivity index (χ1) is 17.0. The van der Waals surface area contributed by atoms with Gasteiger partial charge in [0.15, 0.2) is 5.69 Å². The van der Waals surface area contributed by atoms with Gasteiger partial charge in [0, 0.05) is 25.6 Å². The van der Waals surface area contributed by atoms with Gasteiger partial charge in [0.1, 0.15) is 0 Å². The number of benzene rings is 2. The average Bonchev–Trinajstić information content (AvgIpc) is 3.56. The van der Waals surface area contributed by atoms with E-state index in [1.807, 2.05) is 37.3 Å². The van der Waals surface area contributed by atoms with Crippen LogP contribution in [0.15, 0.2) is 68.7 Å². The summed E-state index contributed by atoms with van der Waals surface area (Å²) in [6.07, 6.45) is 0.834. The Morgan fingerprint density at radius 2 is 1.83 bits per heavy atom. The summed E-state index contributed by atoms with van der Waals surface area (Å²) < 4.78 is 7.40. The van der Waals surface area contributed by atoms with Gasteiger partial charge in [-0.15, -0.1) is 0 Å². The maximum absolute atomic E-state index is 13.0. The Morgan fingerprint density at radius 1 is 1.09 bits per heavy atom. The van der Waals surface area contributed by atoms with E-state index in [0.717, 1.165) is 21.2 Å². The molecule has 0 spiro atoms. The summed E-state index contributed by atoms with van der Waals surface area (Å²) in [5.74, 6) is -0.518. The highest BCUT2D eigenvalue weighted by Gasteiger charge is 2.31. The minimum Gasteiger partial charge on any atom is -0.334 e. The zero-order chi connectivity index (χ0) is 24.5. The first kappa shape index (κ1) is 22.5. The minimum absolute atomic E-state index is 0.136. The van der Waals surface area contributed by atoms with Gasteiger partial charge in [-0.2, -0.15) is 14.8 Å². The van der Waals surface area contributed by atoms with Crippen LogP contribution in [0, 0.1) is 6.92 Å². The Balaban J connectivity index is 1.46. The van der Waals surface area contributed by atoms with Crippen LogP contribution >= 0.6 is 0 Å². The van der Waals surface area contributed by atoms with Crippen LogP contribution in [0.25, 0.3) is 17.2 Å². The van der Waals surface area contributed by atoms with Crippen molar-refractivity contribution < 1.29 is 9.32 Å². The third-order valence-electron chi connectivity index (χ3n) is 6.22. The van der Waals surface area contributed by atoms with E-state index in [4.69, 9.17) is 4.52 Å². The van der Waals surface area contributed by atoms with E-state index < -0.39 is 17.2 Å². The molecular formula is C25H24N6O4. The molecule has 10 heteroatoms. The van der Waals surface area contributed by atoms with Crippen LogP contribution < -0.4 is 11.2 Å². The van der Waals surface area contributed by atoms with E-state index >= 15 is 0 Å². The van der Waals surface area contributed by atoms with Gasteiger partial charge in [0.2, 0.25) is 5.82 Å². The van der Waals surface area contributed by atoms with E-state index in [-0.39, 0.29) is 29.9 Å². The maximum Gasteiger partial charge on any atom is 0.352 e. The molecule has 3 heterocycles. The molecule has 1 unspecified atom stereocenters. The lowest BCUT2D eigenvalue weighted by atomic mass is 9.99. The average molecular weight is 473 g/mol. The molecule has 1 amide bonds. The Morgan fingerprint density at radius 3 is 2.54 bits per heavy atom. The number of carbonyl (C=O) groups excluding carboxylic acids is 1. The second kappa shape index (κ2) is 9.13. The number of hydrogen-bond acceptors (Lipinski definition) is 7. The molecular weight excluding hydrogens is 448 g/mol. The SMILES string of the molecule is CCn1c(=O)c(-c2noc(C(=O)N3CCC(c4ccccc4)C3)n2)nn(-c2ccc(C)cc2)c1=O. The van der Waals surface area contributed by atoms with Crippen LogP contribution in [0.1, 0.15) is 41.1 Å². The van der Waals surface area contributed by atoms with Crippen LogP contribution in [0.2, 0.25) is 0 Å². The van der Waals surface area contributed by atoms with Crippen LogP contribution in [0.4, 0.5) is 0 Å². The molecule has 4 aromatic rings. The molecule has 1 aliphatic heterocycles. The number of carbonyl (C=O) groups is 1. The van der Waals surface area contributed by atoms with E-state index in [1.54, 1.807) is 24.0 Å². The highest BCUT2D eigenvalue weighted by molar-refractivity contribution is 5.90. The molecule has 0 N–H and O–H groups in total. The second-order valence-electron chi connectivity index (χ2n) is 8.50. The van der Waals surface area contributed by atoms with Crippen LogP contribution in [0.3, 0.4) is 0 Å². The third kappa shape index (κ3) is 4.18. The number of nitrogens with zero attached hydrogens (tertiary/aromatic N) is 6. The fourth-order valence-corrected chi connectivity index (χ4v) is 4.27. The Bertz CT molecular complexity index is 1490. The van der Waals surface area contributed by atoms with E-state index in [9.17, 15) is 14.4 Å². The van der Waals surface area contributed by atoms with Gasteiger partial charge in [-0.05, 0) is 38.0 Å². The van der Waals surface area contributed by atoms with Crippen molar-refractivity contribution in [3.63, 3.8) is 0 Å². The lowest BCUT2D eigenvalue weighted by Gasteiger charge is -2.14. The predicted octanol–water partition coefficient (Wildman–Crippen LogP) is 2.40. The summed E-state index contributed by atoms with van der Waals surface area (Å²) in [4.78, 5) is 44.7. The zero-order valence-electron chi connectivity index (χ0n) is 19.4. The van der Waals surface area contributed by atoms with Gasteiger partial charge >= 0.3 is 17.5 Å². The lowest BCUT2D eigenvalue weighted by Crippen LogP contribution is -2.41. The van der Waals surface area contributed by atoms with Crippen molar-refractivity contribution in [2.24, 2.45) is 0 Å². The molecule has 0 radical (unpaired) electrons. The van der Waals surface area contributed by atoms with Crippen molar-refractivity contribution in [1.29, 1.82) is 0 Å². The summed E-state index contributed by atoms with van der Waals surface area (Å²) in [6, 6.07) is 17.2. The normalized spacial score (nSPS) is 15.5. The first-order valence-corrected chi connectivity index (χ1v) is 11.5. The summed E-state index contributed by atoms with van der Waals surface area (Å²) in [6.45, 7) is 4.86. The topological polar surface area (TPSA) is 116 Å². The number of likely N-dealkylation sites (tertiary alicyclic amines) is 1. The van der Waals surface area contributed by atoms with Crippen LogP contribution in [-0.2, 0) is 6.54 Å². The summed E-state index contributed by atoms with van der Waals surface area (Å²) in [5.41, 5.74) is 1.30. The molecule has 0 saturated carbocycles. The first-order valence-electron chi connectivity index (χ1n) is 11.5. The molecule has 1 atom stereocenters. The Hall–Kier alpha value is -4.34. The quantitative estimate of drug-likeness (QED) is 0.438. The van der Waals surface area contributed by atoms with Crippen molar-refractivity contribution in [3.8, 4) is 17.2 Å². The lowest BCUT2D eigenvalue weighted by molar-refractivity contribution is 0.0741. The molecule has 0 bridgehead atoms. The molecule has 1 fully saturated rings. The van der Waals surface area contributed by atoms with E-state index in [2.05, 4.69) is 27.4 Å². The summed E-state index contributed by atoms with van der Waals surface area (Å²) in [7, 11) is 0. The predicted molar refractivity (Wildman–Crippen MR) is 128 cm³/mol. The molecule has 35 heavy (non-hydrogen) atoms. The highest BCUT2D eigenvalue weighted by Crippen LogP contribution is 2.28. The molecule has 10 nitrogen and oxygen atoms in total. The Kier molecular flexibility index (Phi) is 5.86. The van der Waals surface area contributed by atoms with Gasteiger partial charge in [0.05, 0.1) is 5.69 Å². The van der Waals surface area contributed by atoms with Crippen LogP contribution in [-0.4, -0.2) is 48.4 Å². The van der Waals surface area contributed by atoms with Gasteiger partial charge < -0.3 is 9.42 Å². The van der Waals surface area contributed by atoms with Gasteiger partial charge in [-0.1, -0.05) is 53.2 Å². The minimum atomic E-state index is -0.647. The summed E-state index contributed by atoms with van der Waals surface area (Å²) in [5, 5.41) is 8.08. The third-order valence-corrected chi connectivity index (χ3v) is 6.22. The van der Waals surface area contributed by atoms with Crippen molar-refractivity contribution in [2.75, 3.05) is 13.1 Å². The standard InChI is InChI=1S/C25H24N6O4/c1-3-30-23(32)20(27-31(25(30)34)19-11-9-16(2)10-12-19)21-26-22(35-28-21)24(33)29-14-13-18(15-29)17-7-5-4-6-8-17/h4-12,18H,3,13-15H2,1-2H3. The number of rotatable bonds is 5. The Labute approximate surface area is 200 Å². The molecule has 5 rings (SSSR count). The largest absolute Gasteiger partial charge is 0.352 e. The fourth-order valence-electron chi connectivity index (χ4n) is 4.27. The maximum atomic E-state index is 13.0. The van der Waals surface area contributed by atoms with Gasteiger partial charge in [0.25, 0.3) is 5.56 Å². The molecule has 178 valence electrons.